The summed E-state index contributed by atoms with van der Waals surface area (Å²) in [6, 6.07) is 9.60. The lowest BCUT2D eigenvalue weighted by molar-refractivity contribution is 0.190. The highest BCUT2D eigenvalue weighted by Gasteiger charge is 2.10. The third-order valence-electron chi connectivity index (χ3n) is 2.74. The van der Waals surface area contributed by atoms with Crippen LogP contribution in [0, 0.1) is 5.82 Å². The lowest BCUT2D eigenvalue weighted by atomic mass is 10.1. The van der Waals surface area contributed by atoms with Gasteiger partial charge in [-0.05, 0) is 48.9 Å². The first kappa shape index (κ1) is 15.3. The second-order valence-electron chi connectivity index (χ2n) is 4.42. The predicted octanol–water partition coefficient (Wildman–Crippen LogP) is 4.87. The SMILES string of the molecule is C[C@@H](O)c1cc(Cl)ccc1OCc1cc(F)cc(Br)c1. The Morgan fingerprint density at radius 3 is 2.70 bits per heavy atom. The summed E-state index contributed by atoms with van der Waals surface area (Å²) >= 11 is 9.13. The van der Waals surface area contributed by atoms with E-state index in [4.69, 9.17) is 16.3 Å². The molecule has 0 bridgehead atoms. The molecule has 1 N–H and O–H groups in total. The third kappa shape index (κ3) is 3.95. The van der Waals surface area contributed by atoms with Gasteiger partial charge in [-0.3, -0.25) is 0 Å². The van der Waals surface area contributed by atoms with Gasteiger partial charge in [0.1, 0.15) is 18.2 Å². The smallest absolute Gasteiger partial charge is 0.125 e. The Balaban J connectivity index is 2.18. The van der Waals surface area contributed by atoms with Crippen LogP contribution in [0.15, 0.2) is 40.9 Å². The summed E-state index contributed by atoms with van der Waals surface area (Å²) in [4.78, 5) is 0. The highest BCUT2D eigenvalue weighted by Crippen LogP contribution is 2.29. The zero-order valence-corrected chi connectivity index (χ0v) is 13.1. The van der Waals surface area contributed by atoms with E-state index in [9.17, 15) is 9.50 Å². The molecule has 0 radical (unpaired) electrons. The number of rotatable bonds is 4. The highest BCUT2D eigenvalue weighted by atomic mass is 79.9. The monoisotopic (exact) mass is 358 g/mol. The van der Waals surface area contributed by atoms with Crippen molar-refractivity contribution in [3.05, 3.63) is 62.8 Å². The minimum Gasteiger partial charge on any atom is -0.489 e. The predicted molar refractivity (Wildman–Crippen MR) is 80.5 cm³/mol. The van der Waals surface area contributed by atoms with Gasteiger partial charge in [0.2, 0.25) is 0 Å². The summed E-state index contributed by atoms with van der Waals surface area (Å²) < 4.78 is 19.6. The van der Waals surface area contributed by atoms with Crippen molar-refractivity contribution in [2.75, 3.05) is 0 Å². The molecule has 106 valence electrons. The number of benzene rings is 2. The summed E-state index contributed by atoms with van der Waals surface area (Å²) in [7, 11) is 0. The molecule has 0 aliphatic rings. The Kier molecular flexibility index (Phi) is 5.02. The van der Waals surface area contributed by atoms with Gasteiger partial charge in [-0.1, -0.05) is 27.5 Å². The van der Waals surface area contributed by atoms with Crippen molar-refractivity contribution in [2.45, 2.75) is 19.6 Å². The molecule has 1 atom stereocenters. The van der Waals surface area contributed by atoms with Crippen LogP contribution in [-0.4, -0.2) is 5.11 Å². The Hall–Kier alpha value is -1.10. The molecule has 0 unspecified atom stereocenters. The molecule has 0 heterocycles. The maximum absolute atomic E-state index is 13.3. The molecule has 2 rings (SSSR count). The molecule has 2 aromatic rings. The average Bonchev–Trinajstić information content (AvgIpc) is 2.36. The molecule has 2 aromatic carbocycles. The molecule has 0 saturated heterocycles. The normalized spacial score (nSPS) is 12.2. The molecule has 0 fully saturated rings. The molecule has 20 heavy (non-hydrogen) atoms. The third-order valence-corrected chi connectivity index (χ3v) is 3.43. The van der Waals surface area contributed by atoms with E-state index in [1.165, 1.54) is 12.1 Å². The largest absolute Gasteiger partial charge is 0.489 e. The van der Waals surface area contributed by atoms with Crippen LogP contribution in [0.2, 0.25) is 5.02 Å². The van der Waals surface area contributed by atoms with Gasteiger partial charge in [0.25, 0.3) is 0 Å². The van der Waals surface area contributed by atoms with Crippen molar-refractivity contribution in [1.82, 2.24) is 0 Å². The molecule has 0 aliphatic heterocycles. The van der Waals surface area contributed by atoms with Crippen LogP contribution >= 0.6 is 27.5 Å². The van der Waals surface area contributed by atoms with E-state index in [1.54, 1.807) is 31.2 Å². The molecule has 0 spiro atoms. The van der Waals surface area contributed by atoms with E-state index in [0.717, 1.165) is 0 Å². The molecular weight excluding hydrogens is 347 g/mol. The van der Waals surface area contributed by atoms with Crippen molar-refractivity contribution in [3.63, 3.8) is 0 Å². The summed E-state index contributed by atoms with van der Waals surface area (Å²) in [5, 5.41) is 10.2. The van der Waals surface area contributed by atoms with Crippen LogP contribution in [0.5, 0.6) is 5.75 Å². The van der Waals surface area contributed by atoms with Crippen LogP contribution in [-0.2, 0) is 6.61 Å². The maximum Gasteiger partial charge on any atom is 0.125 e. The zero-order valence-electron chi connectivity index (χ0n) is 10.7. The average molecular weight is 360 g/mol. The Morgan fingerprint density at radius 2 is 2.05 bits per heavy atom. The molecular formula is C15H13BrClFO2. The summed E-state index contributed by atoms with van der Waals surface area (Å²) in [5.74, 6) is 0.203. The summed E-state index contributed by atoms with van der Waals surface area (Å²) in [6.07, 6.45) is -0.692. The summed E-state index contributed by atoms with van der Waals surface area (Å²) in [6.45, 7) is 1.84. The molecule has 0 amide bonds. The molecule has 2 nitrogen and oxygen atoms in total. The zero-order chi connectivity index (χ0) is 14.7. The summed E-state index contributed by atoms with van der Waals surface area (Å²) in [5.41, 5.74) is 1.30. The second-order valence-corrected chi connectivity index (χ2v) is 5.78. The Bertz CT molecular complexity index is 597. The molecule has 0 saturated carbocycles. The van der Waals surface area contributed by atoms with Crippen molar-refractivity contribution in [3.8, 4) is 5.75 Å². The number of hydrogen-bond acceptors (Lipinski definition) is 2. The van der Waals surface area contributed by atoms with Crippen LogP contribution in [0.3, 0.4) is 0 Å². The Morgan fingerprint density at radius 1 is 1.30 bits per heavy atom. The first-order valence-electron chi connectivity index (χ1n) is 6.01. The topological polar surface area (TPSA) is 29.5 Å². The lowest BCUT2D eigenvalue weighted by Gasteiger charge is -2.14. The fourth-order valence-corrected chi connectivity index (χ4v) is 2.53. The van der Waals surface area contributed by atoms with Crippen LogP contribution in [0.4, 0.5) is 4.39 Å². The van der Waals surface area contributed by atoms with E-state index in [1.807, 2.05) is 0 Å². The standard InChI is InChI=1S/C15H13BrClFO2/c1-9(19)14-7-12(17)2-3-15(14)20-8-10-4-11(16)6-13(18)5-10/h2-7,9,19H,8H2,1H3/t9-/m1/s1. The minimum absolute atomic E-state index is 0.206. The number of hydrogen-bond donors (Lipinski definition) is 1. The molecule has 0 aliphatic carbocycles. The number of aliphatic hydroxyl groups excluding tert-OH is 1. The first-order valence-corrected chi connectivity index (χ1v) is 7.18. The van der Waals surface area contributed by atoms with E-state index >= 15 is 0 Å². The number of aliphatic hydroxyl groups is 1. The molecule has 5 heteroatoms. The van der Waals surface area contributed by atoms with Gasteiger partial charge in [0.15, 0.2) is 0 Å². The van der Waals surface area contributed by atoms with Gasteiger partial charge in [-0.2, -0.15) is 0 Å². The van der Waals surface area contributed by atoms with Gasteiger partial charge in [-0.15, -0.1) is 0 Å². The van der Waals surface area contributed by atoms with Crippen molar-refractivity contribution >= 4 is 27.5 Å². The lowest BCUT2D eigenvalue weighted by Crippen LogP contribution is -2.01. The van der Waals surface area contributed by atoms with Gasteiger partial charge in [0.05, 0.1) is 6.10 Å². The van der Waals surface area contributed by atoms with E-state index in [-0.39, 0.29) is 12.4 Å². The van der Waals surface area contributed by atoms with Gasteiger partial charge >= 0.3 is 0 Å². The molecule has 0 aromatic heterocycles. The Labute approximate surface area is 130 Å². The number of halogens is 3. The minimum atomic E-state index is -0.692. The first-order chi connectivity index (χ1) is 9.45. The highest BCUT2D eigenvalue weighted by molar-refractivity contribution is 9.10. The quantitative estimate of drug-likeness (QED) is 0.843. The van der Waals surface area contributed by atoms with Crippen LogP contribution in [0.1, 0.15) is 24.2 Å². The van der Waals surface area contributed by atoms with E-state index in [2.05, 4.69) is 15.9 Å². The van der Waals surface area contributed by atoms with E-state index < -0.39 is 6.10 Å². The van der Waals surface area contributed by atoms with Crippen molar-refractivity contribution < 1.29 is 14.2 Å². The fourth-order valence-electron chi connectivity index (χ4n) is 1.83. The van der Waals surface area contributed by atoms with E-state index in [0.29, 0.717) is 26.4 Å². The van der Waals surface area contributed by atoms with Crippen LogP contribution in [0.25, 0.3) is 0 Å². The van der Waals surface area contributed by atoms with Crippen LogP contribution < -0.4 is 4.74 Å². The van der Waals surface area contributed by atoms with Gasteiger partial charge in [0, 0.05) is 15.1 Å². The fraction of sp³-hybridized carbons (Fsp3) is 0.200. The van der Waals surface area contributed by atoms with Crippen molar-refractivity contribution in [1.29, 1.82) is 0 Å². The van der Waals surface area contributed by atoms with Gasteiger partial charge < -0.3 is 9.84 Å². The van der Waals surface area contributed by atoms with Crippen molar-refractivity contribution in [2.24, 2.45) is 0 Å². The van der Waals surface area contributed by atoms with Gasteiger partial charge in [-0.25, -0.2) is 4.39 Å². The maximum atomic E-state index is 13.3. The second kappa shape index (κ2) is 6.57. The number of ether oxygens (including phenoxy) is 1.